The average Bonchev–Trinajstić information content (AvgIpc) is 3.31. The average molecular weight is 563 g/mol. The third-order valence-electron chi connectivity index (χ3n) is 8.08. The summed E-state index contributed by atoms with van der Waals surface area (Å²) >= 11 is 1.83. The van der Waals surface area contributed by atoms with E-state index in [1.54, 1.807) is 0 Å². The van der Waals surface area contributed by atoms with Crippen molar-refractivity contribution in [2.75, 3.05) is 18.8 Å². The van der Waals surface area contributed by atoms with E-state index in [-0.39, 0.29) is 16.4 Å². The minimum absolute atomic E-state index is 0.00763. The first-order valence-corrected chi connectivity index (χ1v) is 15.7. The van der Waals surface area contributed by atoms with Gasteiger partial charge in [-0.1, -0.05) is 66.7 Å². The van der Waals surface area contributed by atoms with Crippen molar-refractivity contribution in [1.29, 1.82) is 0 Å². The number of nitrogens with zero attached hydrogens (tertiary/aromatic N) is 3. The van der Waals surface area contributed by atoms with Crippen molar-refractivity contribution in [3.63, 3.8) is 0 Å². The number of aromatic nitrogens is 2. The Bertz CT molecular complexity index is 1320. The summed E-state index contributed by atoms with van der Waals surface area (Å²) in [6, 6.07) is 8.64. The number of hydrogen-bond acceptors (Lipinski definition) is 6. The minimum Gasteiger partial charge on any atom is -0.485 e. The van der Waals surface area contributed by atoms with Crippen molar-refractivity contribution in [1.82, 2.24) is 14.9 Å². The highest BCUT2D eigenvalue weighted by atomic mass is 32.1. The molecule has 0 bridgehead atoms. The van der Waals surface area contributed by atoms with Crippen LogP contribution in [0.3, 0.4) is 0 Å². The van der Waals surface area contributed by atoms with Gasteiger partial charge in [0.25, 0.3) is 0 Å². The number of benzene rings is 1. The summed E-state index contributed by atoms with van der Waals surface area (Å²) < 4.78 is 6.42. The lowest BCUT2D eigenvalue weighted by atomic mass is 9.73. The Morgan fingerprint density at radius 2 is 1.68 bits per heavy atom. The van der Waals surface area contributed by atoms with Crippen molar-refractivity contribution >= 4 is 17.2 Å². The van der Waals surface area contributed by atoms with E-state index < -0.39 is 0 Å². The smallest absolute Gasteiger partial charge is 0.166 e. The number of thiazole rings is 1. The Balaban J connectivity index is 1.59. The van der Waals surface area contributed by atoms with Gasteiger partial charge in [-0.15, -0.1) is 11.3 Å². The number of piperidine rings is 1. The molecule has 3 heterocycles. The third kappa shape index (κ3) is 6.71. The monoisotopic (exact) mass is 562 g/mol. The molecule has 0 unspecified atom stereocenters. The van der Waals surface area contributed by atoms with Crippen molar-refractivity contribution in [3.05, 3.63) is 57.9 Å². The molecule has 1 aromatic carbocycles. The second-order valence-electron chi connectivity index (χ2n) is 14.3. The Labute approximate surface area is 246 Å². The molecule has 40 heavy (non-hydrogen) atoms. The van der Waals surface area contributed by atoms with Crippen LogP contribution in [0.15, 0.2) is 30.5 Å². The van der Waals surface area contributed by atoms with Gasteiger partial charge in [-0.2, -0.15) is 0 Å². The van der Waals surface area contributed by atoms with Crippen molar-refractivity contribution in [2.45, 2.75) is 117 Å². The van der Waals surface area contributed by atoms with Gasteiger partial charge in [0.05, 0.1) is 15.6 Å². The van der Waals surface area contributed by atoms with Crippen LogP contribution in [-0.2, 0) is 23.9 Å². The molecular formula is C34H50N4OS. The van der Waals surface area contributed by atoms with E-state index in [9.17, 15) is 0 Å². The highest BCUT2D eigenvalue weighted by Gasteiger charge is 2.30. The quantitative estimate of drug-likeness (QED) is 0.326. The lowest BCUT2D eigenvalue weighted by Gasteiger charge is -2.40. The first kappa shape index (κ1) is 30.5. The number of rotatable bonds is 6. The summed E-state index contributed by atoms with van der Waals surface area (Å²) in [6.45, 7) is 25.5. The van der Waals surface area contributed by atoms with E-state index in [4.69, 9.17) is 15.5 Å². The van der Waals surface area contributed by atoms with Gasteiger partial charge >= 0.3 is 0 Å². The zero-order valence-electron chi connectivity index (χ0n) is 26.4. The van der Waals surface area contributed by atoms with Gasteiger partial charge in [0.2, 0.25) is 0 Å². The van der Waals surface area contributed by atoms with E-state index in [1.807, 2.05) is 17.5 Å². The van der Waals surface area contributed by atoms with Crippen molar-refractivity contribution < 1.29 is 4.74 Å². The SMILES string of the molecule is CCc1nc(C2CCN(C(C)(C)C)CC2)sc1-c1cnc(N)c(OCc2cccc(C(C)(C)C)c2C(C)(C)C)c1. The number of aryl methyl sites for hydroxylation is 1. The fourth-order valence-electron chi connectivity index (χ4n) is 5.89. The molecule has 3 aromatic rings. The van der Waals surface area contributed by atoms with Crippen LogP contribution in [0.4, 0.5) is 5.82 Å². The topological polar surface area (TPSA) is 64.3 Å². The number of likely N-dealkylation sites (tertiary alicyclic amines) is 1. The van der Waals surface area contributed by atoms with E-state index in [1.165, 1.54) is 26.6 Å². The summed E-state index contributed by atoms with van der Waals surface area (Å²) in [7, 11) is 0. The zero-order valence-corrected chi connectivity index (χ0v) is 27.3. The normalized spacial score (nSPS) is 15.9. The minimum atomic E-state index is -0.00763. The molecule has 6 heteroatoms. The molecule has 0 amide bonds. The van der Waals surface area contributed by atoms with Crippen LogP contribution in [0.5, 0.6) is 5.75 Å². The maximum Gasteiger partial charge on any atom is 0.166 e. The number of ether oxygens (including phenoxy) is 1. The Morgan fingerprint density at radius 3 is 2.25 bits per heavy atom. The van der Waals surface area contributed by atoms with Gasteiger partial charge < -0.3 is 10.5 Å². The van der Waals surface area contributed by atoms with Crippen molar-refractivity contribution in [2.24, 2.45) is 0 Å². The molecule has 0 aliphatic carbocycles. The van der Waals surface area contributed by atoms with Crippen molar-refractivity contribution in [3.8, 4) is 16.2 Å². The van der Waals surface area contributed by atoms with Crippen LogP contribution < -0.4 is 10.5 Å². The molecule has 2 N–H and O–H groups in total. The largest absolute Gasteiger partial charge is 0.485 e. The molecule has 5 nitrogen and oxygen atoms in total. The molecule has 0 atom stereocenters. The highest BCUT2D eigenvalue weighted by molar-refractivity contribution is 7.15. The molecule has 218 valence electrons. The Kier molecular flexibility index (Phi) is 8.73. The zero-order chi connectivity index (χ0) is 29.5. The maximum absolute atomic E-state index is 6.42. The van der Waals surface area contributed by atoms with Crippen LogP contribution in [-0.4, -0.2) is 33.5 Å². The summed E-state index contributed by atoms with van der Waals surface area (Å²) in [4.78, 5) is 13.5. The number of pyridine rings is 1. The van der Waals surface area contributed by atoms with Gasteiger partial charge in [-0.05, 0) is 86.7 Å². The van der Waals surface area contributed by atoms with Crippen LogP contribution >= 0.6 is 11.3 Å². The molecule has 0 spiro atoms. The van der Waals surface area contributed by atoms with E-state index in [2.05, 4.69) is 103 Å². The summed E-state index contributed by atoms with van der Waals surface area (Å²) in [5.74, 6) is 1.57. The predicted octanol–water partition coefficient (Wildman–Crippen LogP) is 8.50. The lowest BCUT2D eigenvalue weighted by molar-refractivity contribution is 0.102. The fraction of sp³-hybridized carbons (Fsp3) is 0.588. The second-order valence-corrected chi connectivity index (χ2v) is 15.4. The van der Waals surface area contributed by atoms with E-state index in [0.29, 0.717) is 24.1 Å². The van der Waals surface area contributed by atoms with E-state index in [0.717, 1.165) is 43.6 Å². The van der Waals surface area contributed by atoms with Gasteiger partial charge in [0.1, 0.15) is 6.61 Å². The highest BCUT2D eigenvalue weighted by Crippen LogP contribution is 2.41. The summed E-state index contributed by atoms with van der Waals surface area (Å²) in [5.41, 5.74) is 12.7. The molecule has 1 aliphatic heterocycles. The standard InChI is InChI=1S/C34H50N4OS/c1-11-26-29(40-31(37-26)22-15-17-38(18-16-22)34(8,9)10)24-19-27(30(35)36-20-24)39-21-23-13-12-14-25(32(2,3)4)28(23)33(5,6)7/h12-14,19-20,22H,11,15-18,21H2,1-10H3,(H2,35,36). The maximum atomic E-state index is 6.42. The second kappa shape index (κ2) is 11.4. The van der Waals surface area contributed by atoms with Crippen LogP contribution in [0, 0.1) is 0 Å². The van der Waals surface area contributed by atoms with Gasteiger partial charge in [0.15, 0.2) is 11.6 Å². The number of anilines is 1. The number of hydrogen-bond donors (Lipinski definition) is 1. The molecular weight excluding hydrogens is 512 g/mol. The van der Waals surface area contributed by atoms with Gasteiger partial charge in [-0.25, -0.2) is 9.97 Å². The van der Waals surface area contributed by atoms with Crippen LogP contribution in [0.2, 0.25) is 0 Å². The molecule has 4 rings (SSSR count). The first-order chi connectivity index (χ1) is 18.6. The molecule has 1 saturated heterocycles. The molecule has 0 radical (unpaired) electrons. The molecule has 1 fully saturated rings. The van der Waals surface area contributed by atoms with Crippen LogP contribution in [0.1, 0.15) is 115 Å². The summed E-state index contributed by atoms with van der Waals surface area (Å²) in [5, 5.41) is 1.26. The van der Waals surface area contributed by atoms with Crippen LogP contribution in [0.25, 0.3) is 10.4 Å². The molecule has 1 aliphatic rings. The number of nitrogens with two attached hydrogens (primary N) is 1. The lowest BCUT2D eigenvalue weighted by Crippen LogP contribution is -2.45. The third-order valence-corrected chi connectivity index (χ3v) is 9.39. The summed E-state index contributed by atoms with van der Waals surface area (Å²) in [6.07, 6.45) is 5.08. The number of nitrogen functional groups attached to an aromatic ring is 1. The Hall–Kier alpha value is -2.44. The van der Waals surface area contributed by atoms with Gasteiger partial charge in [-0.3, -0.25) is 4.90 Å². The molecule has 0 saturated carbocycles. The fourth-order valence-corrected chi connectivity index (χ4v) is 7.19. The Morgan fingerprint density at radius 1 is 1.00 bits per heavy atom. The van der Waals surface area contributed by atoms with Gasteiger partial charge in [0, 0.05) is 23.2 Å². The predicted molar refractivity (Wildman–Crippen MR) is 171 cm³/mol. The van der Waals surface area contributed by atoms with E-state index >= 15 is 0 Å². The molecule has 2 aromatic heterocycles. The first-order valence-electron chi connectivity index (χ1n) is 14.9.